The van der Waals surface area contributed by atoms with Gasteiger partial charge in [-0.1, -0.05) is 11.6 Å². The van der Waals surface area contributed by atoms with Crippen molar-refractivity contribution in [3.8, 4) is 0 Å². The van der Waals surface area contributed by atoms with Crippen LogP contribution in [0.25, 0.3) is 0 Å². The van der Waals surface area contributed by atoms with Crippen LogP contribution in [0.4, 0.5) is 5.69 Å². The predicted octanol–water partition coefficient (Wildman–Crippen LogP) is 0.441. The van der Waals surface area contributed by atoms with Gasteiger partial charge in [-0.2, -0.15) is 5.10 Å². The fourth-order valence-corrected chi connectivity index (χ4v) is 2.50. The highest BCUT2D eigenvalue weighted by molar-refractivity contribution is 6.32. The molecule has 0 amide bonds. The molecule has 1 aliphatic rings. The topological polar surface area (TPSA) is 79.2 Å². The van der Waals surface area contributed by atoms with Crippen LogP contribution < -0.4 is 16.2 Å². The van der Waals surface area contributed by atoms with Crippen LogP contribution in [-0.4, -0.2) is 40.1 Å². The number of rotatable bonds is 4. The maximum Gasteiger partial charge on any atom is 0.287 e. The van der Waals surface area contributed by atoms with E-state index in [1.165, 1.54) is 4.68 Å². The highest BCUT2D eigenvalue weighted by Gasteiger charge is 2.19. The number of nitrogens with zero attached hydrogens (tertiary/aromatic N) is 2. The van der Waals surface area contributed by atoms with Crippen molar-refractivity contribution in [2.75, 3.05) is 18.5 Å². The molecule has 0 bridgehead atoms. The summed E-state index contributed by atoms with van der Waals surface area (Å²) in [5.74, 6) is 0. The van der Waals surface area contributed by atoms with Crippen LogP contribution in [0.3, 0.4) is 0 Å². The van der Waals surface area contributed by atoms with Crippen LogP contribution in [0.5, 0.6) is 0 Å². The molecule has 0 aromatic carbocycles. The third kappa shape index (κ3) is 3.46. The molecule has 6 nitrogen and oxygen atoms in total. The predicted molar refractivity (Wildman–Crippen MR) is 74.7 cm³/mol. The van der Waals surface area contributed by atoms with Gasteiger partial charge in [-0.25, -0.2) is 4.68 Å². The summed E-state index contributed by atoms with van der Waals surface area (Å²) in [5.41, 5.74) is 0.197. The highest BCUT2D eigenvalue weighted by atomic mass is 35.5. The van der Waals surface area contributed by atoms with E-state index in [1.54, 1.807) is 6.20 Å². The molecule has 106 valence electrons. The molecule has 1 aromatic rings. The van der Waals surface area contributed by atoms with Gasteiger partial charge in [0.05, 0.1) is 25.0 Å². The third-order valence-corrected chi connectivity index (χ3v) is 3.65. The molecular formula is C12H19ClN4O2. The number of nitrogens with one attached hydrogen (secondary N) is 2. The minimum Gasteiger partial charge on any atom is -0.394 e. The van der Waals surface area contributed by atoms with Gasteiger partial charge in [0.1, 0.15) is 5.02 Å². The lowest BCUT2D eigenvalue weighted by molar-refractivity contribution is 0.266. The highest BCUT2D eigenvalue weighted by Crippen LogP contribution is 2.20. The third-order valence-electron chi connectivity index (χ3n) is 3.28. The summed E-state index contributed by atoms with van der Waals surface area (Å²) < 4.78 is 1.17. The van der Waals surface area contributed by atoms with Crippen LogP contribution in [0.1, 0.15) is 19.8 Å². The van der Waals surface area contributed by atoms with E-state index in [4.69, 9.17) is 16.7 Å². The second-order valence-electron chi connectivity index (χ2n) is 4.84. The van der Waals surface area contributed by atoms with E-state index in [0.717, 1.165) is 19.4 Å². The Hall–Kier alpha value is -1.11. The average molecular weight is 287 g/mol. The average Bonchev–Trinajstić information content (AvgIpc) is 2.39. The Labute approximate surface area is 116 Å². The minimum absolute atomic E-state index is 0.134. The van der Waals surface area contributed by atoms with Crippen molar-refractivity contribution in [3.05, 3.63) is 21.6 Å². The van der Waals surface area contributed by atoms with Crippen molar-refractivity contribution >= 4 is 17.3 Å². The molecule has 2 unspecified atom stereocenters. The standard InChI is InChI=1S/C12H19ClN4O2/c1-8-6-9(2-3-14-8)16-10-7-15-17(4-5-18)12(19)11(10)13/h7-9,14,16,18H,2-6H2,1H3. The number of aromatic nitrogens is 2. The number of halogens is 1. The van der Waals surface area contributed by atoms with E-state index in [2.05, 4.69) is 22.7 Å². The van der Waals surface area contributed by atoms with Crippen LogP contribution in [-0.2, 0) is 6.54 Å². The van der Waals surface area contributed by atoms with Gasteiger partial charge in [0.25, 0.3) is 5.56 Å². The van der Waals surface area contributed by atoms with E-state index in [0.29, 0.717) is 17.8 Å². The molecule has 2 rings (SSSR count). The molecule has 2 atom stereocenters. The summed E-state index contributed by atoms with van der Waals surface area (Å²) in [6.45, 7) is 3.10. The fourth-order valence-electron chi connectivity index (χ4n) is 2.30. The molecule has 1 saturated heterocycles. The Morgan fingerprint density at radius 2 is 2.47 bits per heavy atom. The van der Waals surface area contributed by atoms with Gasteiger partial charge >= 0.3 is 0 Å². The summed E-state index contributed by atoms with van der Waals surface area (Å²) in [5, 5.41) is 19.6. The minimum atomic E-state index is -0.373. The van der Waals surface area contributed by atoms with Gasteiger partial charge in [0, 0.05) is 12.1 Å². The molecule has 1 aliphatic heterocycles. The molecule has 1 fully saturated rings. The summed E-state index contributed by atoms with van der Waals surface area (Å²) >= 11 is 6.06. The number of aliphatic hydroxyl groups is 1. The van der Waals surface area contributed by atoms with E-state index < -0.39 is 0 Å². The Balaban J connectivity index is 2.12. The Morgan fingerprint density at radius 3 is 3.16 bits per heavy atom. The van der Waals surface area contributed by atoms with Gasteiger partial charge in [-0.15, -0.1) is 0 Å². The number of aliphatic hydroxyl groups excluding tert-OH is 1. The second-order valence-corrected chi connectivity index (χ2v) is 5.22. The number of hydrogen-bond donors (Lipinski definition) is 3. The maximum absolute atomic E-state index is 11.9. The first-order valence-corrected chi connectivity index (χ1v) is 6.86. The molecule has 2 heterocycles. The van der Waals surface area contributed by atoms with Crippen LogP contribution in [0.15, 0.2) is 11.0 Å². The number of piperidine rings is 1. The Morgan fingerprint density at radius 1 is 1.68 bits per heavy atom. The van der Waals surface area contributed by atoms with Crippen molar-refractivity contribution in [1.29, 1.82) is 0 Å². The van der Waals surface area contributed by atoms with E-state index in [1.807, 2.05) is 0 Å². The molecule has 7 heteroatoms. The van der Waals surface area contributed by atoms with Crippen LogP contribution in [0, 0.1) is 0 Å². The lowest BCUT2D eigenvalue weighted by Gasteiger charge is -2.29. The fraction of sp³-hybridized carbons (Fsp3) is 0.667. The largest absolute Gasteiger partial charge is 0.394 e. The summed E-state index contributed by atoms with van der Waals surface area (Å²) in [7, 11) is 0. The SMILES string of the molecule is CC1CC(Nc2cnn(CCO)c(=O)c2Cl)CCN1. The van der Waals surface area contributed by atoms with Gasteiger partial charge in [0.15, 0.2) is 0 Å². The molecule has 19 heavy (non-hydrogen) atoms. The summed E-state index contributed by atoms with van der Waals surface area (Å²) in [6.07, 6.45) is 3.52. The first-order chi connectivity index (χ1) is 9.11. The van der Waals surface area contributed by atoms with Crippen molar-refractivity contribution < 1.29 is 5.11 Å². The van der Waals surface area contributed by atoms with Crippen LogP contribution in [0.2, 0.25) is 5.02 Å². The molecule has 0 aliphatic carbocycles. The van der Waals surface area contributed by atoms with E-state index in [-0.39, 0.29) is 23.7 Å². The van der Waals surface area contributed by atoms with E-state index in [9.17, 15) is 4.79 Å². The Kier molecular flexibility index (Phi) is 4.79. The molecule has 3 N–H and O–H groups in total. The molecule has 0 saturated carbocycles. The normalized spacial score (nSPS) is 23.3. The van der Waals surface area contributed by atoms with Crippen molar-refractivity contribution in [2.45, 2.75) is 38.4 Å². The lowest BCUT2D eigenvalue weighted by Crippen LogP contribution is -2.41. The quantitative estimate of drug-likeness (QED) is 0.749. The molecule has 0 radical (unpaired) electrons. The number of hydrogen-bond acceptors (Lipinski definition) is 5. The first-order valence-electron chi connectivity index (χ1n) is 6.48. The summed E-state index contributed by atoms with van der Waals surface area (Å²) in [6, 6.07) is 0.747. The van der Waals surface area contributed by atoms with Crippen LogP contribution >= 0.6 is 11.6 Å². The number of anilines is 1. The second kappa shape index (κ2) is 6.36. The molecule has 1 aromatic heterocycles. The van der Waals surface area contributed by atoms with Gasteiger partial charge in [0.2, 0.25) is 0 Å². The maximum atomic E-state index is 11.9. The van der Waals surface area contributed by atoms with Crippen molar-refractivity contribution in [2.24, 2.45) is 0 Å². The molecule has 0 spiro atoms. The van der Waals surface area contributed by atoms with Crippen molar-refractivity contribution in [3.63, 3.8) is 0 Å². The molecular weight excluding hydrogens is 268 g/mol. The zero-order chi connectivity index (χ0) is 13.8. The Bertz CT molecular complexity index is 491. The zero-order valence-corrected chi connectivity index (χ0v) is 11.7. The van der Waals surface area contributed by atoms with E-state index >= 15 is 0 Å². The summed E-state index contributed by atoms with van der Waals surface area (Å²) in [4.78, 5) is 11.9. The monoisotopic (exact) mass is 286 g/mol. The lowest BCUT2D eigenvalue weighted by atomic mass is 10.0. The van der Waals surface area contributed by atoms with Gasteiger partial charge in [-0.05, 0) is 26.3 Å². The van der Waals surface area contributed by atoms with Crippen molar-refractivity contribution in [1.82, 2.24) is 15.1 Å². The zero-order valence-electron chi connectivity index (χ0n) is 10.9. The van der Waals surface area contributed by atoms with Gasteiger partial charge < -0.3 is 15.7 Å². The first kappa shape index (κ1) is 14.3. The smallest absolute Gasteiger partial charge is 0.287 e. The van der Waals surface area contributed by atoms with Gasteiger partial charge in [-0.3, -0.25) is 4.79 Å².